The van der Waals surface area contributed by atoms with Crippen LogP contribution in [-0.4, -0.2) is 12.1 Å². The highest BCUT2D eigenvalue weighted by Gasteiger charge is 2.13. The minimum Gasteiger partial charge on any atom is -0.494 e. The number of aromatic nitrogens is 1. The van der Waals surface area contributed by atoms with Crippen LogP contribution in [0.15, 0.2) is 24.4 Å². The lowest BCUT2D eigenvalue weighted by Crippen LogP contribution is -1.98. The largest absolute Gasteiger partial charge is 0.494 e. The molecule has 0 saturated heterocycles. The van der Waals surface area contributed by atoms with Crippen LogP contribution in [0.2, 0.25) is 0 Å². The van der Waals surface area contributed by atoms with Crippen LogP contribution in [0.5, 0.6) is 5.75 Å². The van der Waals surface area contributed by atoms with Gasteiger partial charge in [-0.15, -0.1) is 6.42 Å². The lowest BCUT2D eigenvalue weighted by atomic mass is 9.94. The second-order valence-electron chi connectivity index (χ2n) is 4.24. The number of fused-ring (bicyclic) bond motifs is 1. The molecule has 0 aliphatic heterocycles. The fraction of sp³-hybridized carbons (Fsp3) is 0.267. The molecule has 86 valence electrons. The van der Waals surface area contributed by atoms with Gasteiger partial charge in [-0.25, -0.2) is 0 Å². The Morgan fingerprint density at radius 2 is 2.12 bits per heavy atom. The molecule has 0 bridgehead atoms. The summed E-state index contributed by atoms with van der Waals surface area (Å²) in [5, 5.41) is 1.08. The smallest absolute Gasteiger partial charge is 0.145 e. The van der Waals surface area contributed by atoms with E-state index in [0.717, 1.165) is 27.8 Å². The summed E-state index contributed by atoms with van der Waals surface area (Å²) in [5.41, 5.74) is 2.90. The fourth-order valence-corrected chi connectivity index (χ4v) is 2.12. The summed E-state index contributed by atoms with van der Waals surface area (Å²) >= 11 is 0. The van der Waals surface area contributed by atoms with E-state index in [0.29, 0.717) is 5.92 Å². The van der Waals surface area contributed by atoms with Crippen LogP contribution in [0, 0.1) is 12.3 Å². The number of ether oxygens (including phenoxy) is 1. The van der Waals surface area contributed by atoms with Crippen molar-refractivity contribution in [2.45, 2.75) is 19.8 Å². The van der Waals surface area contributed by atoms with Crippen molar-refractivity contribution in [3.8, 4) is 18.1 Å². The monoisotopic (exact) mass is 225 g/mol. The molecule has 1 heterocycles. The minimum absolute atomic E-state index is 0.360. The maximum Gasteiger partial charge on any atom is 0.145 e. The molecule has 1 aromatic heterocycles. The number of methoxy groups -OCH3 is 1. The number of hydrogen-bond acceptors (Lipinski definition) is 2. The van der Waals surface area contributed by atoms with Gasteiger partial charge in [-0.3, -0.25) is 4.98 Å². The summed E-state index contributed by atoms with van der Waals surface area (Å²) in [6.07, 6.45) is 7.28. The van der Waals surface area contributed by atoms with E-state index >= 15 is 0 Å². The number of para-hydroxylation sites is 1. The Balaban J connectivity index is 2.87. The molecule has 0 radical (unpaired) electrons. The Bertz CT molecular complexity index is 594. The molecule has 0 fully saturated rings. The Morgan fingerprint density at radius 1 is 1.35 bits per heavy atom. The van der Waals surface area contributed by atoms with Crippen LogP contribution >= 0.6 is 0 Å². The molecule has 0 aliphatic rings. The summed E-state index contributed by atoms with van der Waals surface area (Å²) in [6, 6.07) is 5.92. The third-order valence-corrected chi connectivity index (χ3v) is 2.85. The average molecular weight is 225 g/mol. The second-order valence-corrected chi connectivity index (χ2v) is 4.24. The molecule has 2 heteroatoms. The van der Waals surface area contributed by atoms with E-state index in [1.165, 1.54) is 0 Å². The van der Waals surface area contributed by atoms with Crippen molar-refractivity contribution in [3.05, 3.63) is 35.5 Å². The van der Waals surface area contributed by atoms with Gasteiger partial charge in [-0.1, -0.05) is 31.9 Å². The van der Waals surface area contributed by atoms with Crippen molar-refractivity contribution in [1.29, 1.82) is 0 Å². The number of rotatable bonds is 2. The molecule has 0 spiro atoms. The number of terminal acetylenes is 1. The number of nitrogens with zero attached hydrogens (tertiary/aromatic N) is 1. The molecule has 0 aliphatic carbocycles. The average Bonchev–Trinajstić information content (AvgIpc) is 2.36. The van der Waals surface area contributed by atoms with Gasteiger partial charge in [0, 0.05) is 17.1 Å². The Hall–Kier alpha value is -2.01. The molecule has 2 rings (SSSR count). The molecule has 0 atom stereocenters. The van der Waals surface area contributed by atoms with Gasteiger partial charge >= 0.3 is 0 Å². The van der Waals surface area contributed by atoms with Crippen molar-refractivity contribution in [2.24, 2.45) is 0 Å². The van der Waals surface area contributed by atoms with Crippen LogP contribution in [0.4, 0.5) is 0 Å². The highest BCUT2D eigenvalue weighted by molar-refractivity contribution is 5.89. The first-order valence-corrected chi connectivity index (χ1v) is 5.61. The summed E-state index contributed by atoms with van der Waals surface area (Å²) in [6.45, 7) is 4.27. The molecule has 1 aromatic carbocycles. The van der Waals surface area contributed by atoms with Gasteiger partial charge in [0.2, 0.25) is 0 Å². The molecule has 0 saturated carbocycles. The molecule has 17 heavy (non-hydrogen) atoms. The summed E-state index contributed by atoms with van der Waals surface area (Å²) in [4.78, 5) is 4.40. The van der Waals surface area contributed by atoms with E-state index in [2.05, 4.69) is 24.8 Å². The Kier molecular flexibility index (Phi) is 3.01. The molecular weight excluding hydrogens is 210 g/mol. The molecule has 0 amide bonds. The highest BCUT2D eigenvalue weighted by atomic mass is 16.5. The van der Waals surface area contributed by atoms with Crippen LogP contribution in [0.3, 0.4) is 0 Å². The van der Waals surface area contributed by atoms with Crippen LogP contribution in [-0.2, 0) is 0 Å². The maximum absolute atomic E-state index is 5.53. The van der Waals surface area contributed by atoms with Gasteiger partial charge in [0.05, 0.1) is 7.11 Å². The first kappa shape index (κ1) is 11.5. The van der Waals surface area contributed by atoms with E-state index < -0.39 is 0 Å². The predicted molar refractivity (Wildman–Crippen MR) is 70.3 cm³/mol. The fourth-order valence-electron chi connectivity index (χ4n) is 2.12. The number of hydrogen-bond donors (Lipinski definition) is 0. The standard InChI is InChI=1S/C15H15NO/c1-5-11-9-16-15-12(14(11)10(2)3)7-6-8-13(15)17-4/h1,6-10H,2-4H3. The lowest BCUT2D eigenvalue weighted by Gasteiger charge is -2.13. The van der Waals surface area contributed by atoms with Crippen molar-refractivity contribution in [2.75, 3.05) is 7.11 Å². The van der Waals surface area contributed by atoms with E-state index in [-0.39, 0.29) is 0 Å². The minimum atomic E-state index is 0.360. The van der Waals surface area contributed by atoms with Gasteiger partial charge in [-0.05, 0) is 17.5 Å². The van der Waals surface area contributed by atoms with Crippen LogP contribution in [0.1, 0.15) is 30.9 Å². The van der Waals surface area contributed by atoms with Crippen LogP contribution < -0.4 is 4.74 Å². The SMILES string of the molecule is C#Cc1cnc2c(OC)cccc2c1C(C)C. The quantitative estimate of drug-likeness (QED) is 0.731. The zero-order valence-electron chi connectivity index (χ0n) is 10.3. The van der Waals surface area contributed by atoms with Crippen LogP contribution in [0.25, 0.3) is 10.9 Å². The Morgan fingerprint density at radius 3 is 2.71 bits per heavy atom. The van der Waals surface area contributed by atoms with Gasteiger partial charge in [-0.2, -0.15) is 0 Å². The number of pyridine rings is 1. The van der Waals surface area contributed by atoms with E-state index in [9.17, 15) is 0 Å². The predicted octanol–water partition coefficient (Wildman–Crippen LogP) is 3.35. The lowest BCUT2D eigenvalue weighted by molar-refractivity contribution is 0.419. The topological polar surface area (TPSA) is 22.1 Å². The first-order valence-electron chi connectivity index (χ1n) is 5.61. The molecule has 0 N–H and O–H groups in total. The van der Waals surface area contributed by atoms with E-state index in [1.807, 2.05) is 18.2 Å². The zero-order chi connectivity index (χ0) is 12.4. The van der Waals surface area contributed by atoms with Gasteiger partial charge < -0.3 is 4.74 Å². The van der Waals surface area contributed by atoms with Crippen molar-refractivity contribution in [1.82, 2.24) is 4.98 Å². The first-order chi connectivity index (χ1) is 8.19. The summed E-state index contributed by atoms with van der Waals surface area (Å²) in [7, 11) is 1.65. The van der Waals surface area contributed by atoms with Gasteiger partial charge in [0.1, 0.15) is 11.3 Å². The van der Waals surface area contributed by atoms with Crippen molar-refractivity contribution < 1.29 is 4.74 Å². The normalized spacial score (nSPS) is 10.5. The number of benzene rings is 1. The van der Waals surface area contributed by atoms with Gasteiger partial charge in [0.25, 0.3) is 0 Å². The van der Waals surface area contributed by atoms with E-state index in [1.54, 1.807) is 13.3 Å². The third-order valence-electron chi connectivity index (χ3n) is 2.85. The summed E-state index contributed by atoms with van der Waals surface area (Å²) in [5.74, 6) is 3.85. The van der Waals surface area contributed by atoms with Crippen molar-refractivity contribution in [3.63, 3.8) is 0 Å². The van der Waals surface area contributed by atoms with Crippen molar-refractivity contribution >= 4 is 10.9 Å². The molecular formula is C15H15NO. The van der Waals surface area contributed by atoms with E-state index in [4.69, 9.17) is 11.2 Å². The molecule has 0 unspecified atom stereocenters. The zero-order valence-corrected chi connectivity index (χ0v) is 10.3. The second kappa shape index (κ2) is 4.47. The molecule has 2 aromatic rings. The summed E-state index contributed by atoms with van der Waals surface area (Å²) < 4.78 is 5.32. The molecule has 2 nitrogen and oxygen atoms in total. The third kappa shape index (κ3) is 1.85. The Labute approximate surface area is 102 Å². The maximum atomic E-state index is 5.53. The highest BCUT2D eigenvalue weighted by Crippen LogP contribution is 2.31. The van der Waals surface area contributed by atoms with Gasteiger partial charge in [0.15, 0.2) is 0 Å².